The molecule has 0 aliphatic carbocycles. The predicted octanol–water partition coefficient (Wildman–Crippen LogP) is 0.255. The van der Waals surface area contributed by atoms with Gasteiger partial charge in [0, 0.05) is 6.07 Å². The first-order valence-electron chi connectivity index (χ1n) is 4.36. The zero-order chi connectivity index (χ0) is 12.3. The number of carboxylic acid groups (broad SMARTS) is 1. The number of nitro groups is 1. The minimum Gasteiger partial charge on any atom is -0.502 e. The molecule has 0 saturated carbocycles. The number of aromatic hydroxyl groups is 1. The number of hydrogen-bond donors (Lipinski definition) is 3. The van der Waals surface area contributed by atoms with Crippen molar-refractivity contribution in [2.24, 2.45) is 5.73 Å². The minimum absolute atomic E-state index is 0.000881. The molecule has 16 heavy (non-hydrogen) atoms. The molecule has 0 aliphatic rings. The van der Waals surface area contributed by atoms with Gasteiger partial charge in [0.1, 0.15) is 6.04 Å². The number of carboxylic acids is 1. The topological polar surface area (TPSA) is 127 Å². The zero-order valence-corrected chi connectivity index (χ0v) is 8.16. The Morgan fingerprint density at radius 2 is 2.19 bits per heavy atom. The van der Waals surface area contributed by atoms with Crippen LogP contribution in [-0.2, 0) is 11.2 Å². The number of nitrogens with two attached hydrogens (primary N) is 1. The van der Waals surface area contributed by atoms with Crippen molar-refractivity contribution in [3.63, 3.8) is 0 Å². The maximum absolute atomic E-state index is 10.5. The van der Waals surface area contributed by atoms with E-state index in [1.54, 1.807) is 0 Å². The van der Waals surface area contributed by atoms with Gasteiger partial charge in [-0.15, -0.1) is 0 Å². The summed E-state index contributed by atoms with van der Waals surface area (Å²) in [5.74, 6) is -1.67. The normalized spacial score (nSPS) is 12.1. The number of phenols is 1. The lowest BCUT2D eigenvalue weighted by Crippen LogP contribution is -2.32. The standard InChI is InChI=1S/C9H10N2O5/c10-6(9(13)14)3-5-1-2-7(11(15)16)8(12)4-5/h1-2,4,6,12H,3,10H2,(H,13,14)/t6-/m1/s1. The molecule has 0 aliphatic heterocycles. The van der Waals surface area contributed by atoms with E-state index in [0.29, 0.717) is 5.56 Å². The quantitative estimate of drug-likeness (QED) is 0.499. The van der Waals surface area contributed by atoms with Gasteiger partial charge in [-0.25, -0.2) is 0 Å². The fourth-order valence-electron chi connectivity index (χ4n) is 1.19. The second kappa shape index (κ2) is 4.58. The van der Waals surface area contributed by atoms with Crippen LogP contribution in [0, 0.1) is 10.1 Å². The number of carbonyl (C=O) groups is 1. The van der Waals surface area contributed by atoms with Crippen LogP contribution in [0.3, 0.4) is 0 Å². The molecule has 0 heterocycles. The molecule has 0 spiro atoms. The van der Waals surface area contributed by atoms with Crippen LogP contribution in [0.4, 0.5) is 5.69 Å². The van der Waals surface area contributed by atoms with Gasteiger partial charge in [-0.3, -0.25) is 14.9 Å². The van der Waals surface area contributed by atoms with Crippen LogP contribution in [0.5, 0.6) is 5.75 Å². The summed E-state index contributed by atoms with van der Waals surface area (Å²) in [6.45, 7) is 0. The van der Waals surface area contributed by atoms with Gasteiger partial charge in [0.25, 0.3) is 0 Å². The lowest BCUT2D eigenvalue weighted by atomic mass is 10.1. The Bertz CT molecular complexity index is 432. The van der Waals surface area contributed by atoms with E-state index >= 15 is 0 Å². The highest BCUT2D eigenvalue weighted by Crippen LogP contribution is 2.26. The van der Waals surface area contributed by atoms with E-state index in [9.17, 15) is 20.0 Å². The Kier molecular flexibility index (Phi) is 3.41. The van der Waals surface area contributed by atoms with Crippen molar-refractivity contribution in [3.05, 3.63) is 33.9 Å². The van der Waals surface area contributed by atoms with E-state index in [1.807, 2.05) is 0 Å². The molecule has 7 nitrogen and oxygen atoms in total. The van der Waals surface area contributed by atoms with E-state index in [4.69, 9.17) is 10.8 Å². The highest BCUT2D eigenvalue weighted by Gasteiger charge is 2.16. The van der Waals surface area contributed by atoms with Crippen LogP contribution in [0.25, 0.3) is 0 Å². The Labute approximate surface area is 90.3 Å². The van der Waals surface area contributed by atoms with Crippen LogP contribution in [-0.4, -0.2) is 27.1 Å². The van der Waals surface area contributed by atoms with Crippen molar-refractivity contribution >= 4 is 11.7 Å². The molecule has 1 rings (SSSR count). The number of benzene rings is 1. The van der Waals surface area contributed by atoms with Gasteiger partial charge in [-0.05, 0) is 18.1 Å². The van der Waals surface area contributed by atoms with Crippen molar-refractivity contribution in [2.45, 2.75) is 12.5 Å². The van der Waals surface area contributed by atoms with E-state index in [-0.39, 0.29) is 6.42 Å². The summed E-state index contributed by atoms with van der Waals surface area (Å²) in [5.41, 5.74) is 5.29. The molecule has 0 unspecified atom stereocenters. The van der Waals surface area contributed by atoms with Crippen molar-refractivity contribution in [2.75, 3.05) is 0 Å². The third-order valence-electron chi connectivity index (χ3n) is 2.01. The van der Waals surface area contributed by atoms with E-state index in [1.165, 1.54) is 6.07 Å². The smallest absolute Gasteiger partial charge is 0.320 e. The van der Waals surface area contributed by atoms with E-state index < -0.39 is 28.4 Å². The fourth-order valence-corrected chi connectivity index (χ4v) is 1.19. The van der Waals surface area contributed by atoms with Gasteiger partial charge < -0.3 is 15.9 Å². The molecule has 0 amide bonds. The lowest BCUT2D eigenvalue weighted by molar-refractivity contribution is -0.385. The van der Waals surface area contributed by atoms with Crippen molar-refractivity contribution < 1.29 is 19.9 Å². The Hall–Kier alpha value is -2.15. The maximum Gasteiger partial charge on any atom is 0.320 e. The number of hydrogen-bond acceptors (Lipinski definition) is 5. The number of phenolic OH excluding ortho intramolecular Hbond substituents is 1. The molecule has 0 saturated heterocycles. The van der Waals surface area contributed by atoms with Crippen molar-refractivity contribution in [3.8, 4) is 5.75 Å². The molecular weight excluding hydrogens is 216 g/mol. The molecule has 1 aromatic carbocycles. The molecule has 0 fully saturated rings. The molecule has 4 N–H and O–H groups in total. The maximum atomic E-state index is 10.5. The Balaban J connectivity index is 2.89. The van der Waals surface area contributed by atoms with Crippen LogP contribution in [0.15, 0.2) is 18.2 Å². The lowest BCUT2D eigenvalue weighted by Gasteiger charge is -2.06. The molecule has 0 radical (unpaired) electrons. The van der Waals surface area contributed by atoms with Gasteiger partial charge in [0.2, 0.25) is 0 Å². The first-order valence-corrected chi connectivity index (χ1v) is 4.36. The highest BCUT2D eigenvalue weighted by atomic mass is 16.6. The Morgan fingerprint density at radius 3 is 2.62 bits per heavy atom. The summed E-state index contributed by atoms with van der Waals surface area (Å²) in [6.07, 6.45) is 0.000881. The first kappa shape index (κ1) is 11.9. The summed E-state index contributed by atoms with van der Waals surface area (Å²) >= 11 is 0. The number of aliphatic carboxylic acids is 1. The largest absolute Gasteiger partial charge is 0.502 e. The molecule has 0 bridgehead atoms. The summed E-state index contributed by atoms with van der Waals surface area (Å²) in [5, 5.41) is 28.2. The number of nitro benzene ring substituents is 1. The number of nitrogens with zero attached hydrogens (tertiary/aromatic N) is 1. The van der Waals surface area contributed by atoms with Crippen LogP contribution in [0.1, 0.15) is 5.56 Å². The summed E-state index contributed by atoms with van der Waals surface area (Å²) in [7, 11) is 0. The third-order valence-corrected chi connectivity index (χ3v) is 2.01. The van der Waals surface area contributed by atoms with E-state index in [0.717, 1.165) is 12.1 Å². The highest BCUT2D eigenvalue weighted by molar-refractivity contribution is 5.73. The van der Waals surface area contributed by atoms with Gasteiger partial charge in [0.15, 0.2) is 5.75 Å². The minimum atomic E-state index is -1.17. The Morgan fingerprint density at radius 1 is 1.56 bits per heavy atom. The molecule has 1 aromatic rings. The molecule has 0 aromatic heterocycles. The summed E-state index contributed by atoms with van der Waals surface area (Å²) in [4.78, 5) is 20.1. The van der Waals surface area contributed by atoms with Gasteiger partial charge in [-0.2, -0.15) is 0 Å². The van der Waals surface area contributed by atoms with Gasteiger partial charge in [0.05, 0.1) is 4.92 Å². The fraction of sp³-hybridized carbons (Fsp3) is 0.222. The predicted molar refractivity (Wildman–Crippen MR) is 54.1 cm³/mol. The van der Waals surface area contributed by atoms with Crippen LogP contribution in [0.2, 0.25) is 0 Å². The summed E-state index contributed by atoms with van der Waals surface area (Å²) < 4.78 is 0. The zero-order valence-electron chi connectivity index (χ0n) is 8.16. The van der Waals surface area contributed by atoms with Crippen LogP contribution < -0.4 is 5.73 Å². The van der Waals surface area contributed by atoms with Crippen molar-refractivity contribution in [1.29, 1.82) is 0 Å². The van der Waals surface area contributed by atoms with Gasteiger partial charge >= 0.3 is 11.7 Å². The molecule has 1 atom stereocenters. The first-order chi connectivity index (χ1) is 7.41. The monoisotopic (exact) mass is 226 g/mol. The van der Waals surface area contributed by atoms with Crippen LogP contribution >= 0.6 is 0 Å². The number of rotatable bonds is 4. The molecular formula is C9H10N2O5. The average Bonchev–Trinajstić information content (AvgIpc) is 2.16. The molecule has 7 heteroatoms. The second-order valence-electron chi connectivity index (χ2n) is 3.23. The SMILES string of the molecule is N[C@H](Cc1ccc([N+](=O)[O-])c(O)c1)C(=O)O. The second-order valence-corrected chi connectivity index (χ2v) is 3.23. The van der Waals surface area contributed by atoms with Gasteiger partial charge in [-0.1, -0.05) is 6.07 Å². The third kappa shape index (κ3) is 2.67. The average molecular weight is 226 g/mol. The molecule has 86 valence electrons. The van der Waals surface area contributed by atoms with Crippen molar-refractivity contribution in [1.82, 2.24) is 0 Å². The summed E-state index contributed by atoms with van der Waals surface area (Å²) in [6, 6.07) is 2.52. The van der Waals surface area contributed by atoms with E-state index in [2.05, 4.69) is 0 Å².